The van der Waals surface area contributed by atoms with Crippen molar-refractivity contribution in [2.45, 2.75) is 44.8 Å². The number of hydrogen-bond donors (Lipinski definition) is 1. The van der Waals surface area contributed by atoms with Crippen LogP contribution in [-0.2, 0) is 4.79 Å². The number of halogens is 2. The third kappa shape index (κ3) is 4.06. The van der Waals surface area contributed by atoms with E-state index in [2.05, 4.69) is 5.32 Å². The van der Waals surface area contributed by atoms with Gasteiger partial charge in [0.1, 0.15) is 12.2 Å². The summed E-state index contributed by atoms with van der Waals surface area (Å²) in [6.45, 7) is 3.17. The van der Waals surface area contributed by atoms with E-state index >= 15 is 0 Å². The quantitative estimate of drug-likeness (QED) is 0.868. The largest absolute Gasteiger partial charge is 0.341 e. The van der Waals surface area contributed by atoms with Gasteiger partial charge in [-0.1, -0.05) is 17.7 Å². The van der Waals surface area contributed by atoms with E-state index in [1.165, 1.54) is 4.90 Å². The lowest BCUT2D eigenvalue weighted by molar-refractivity contribution is -0.136. The van der Waals surface area contributed by atoms with Crippen LogP contribution in [0.5, 0.6) is 0 Å². The SMILES string of the molecule is Cc1ccc(Cl)cc1NC(=O)N1C[C@@H](F)C[C@H]1C(=O)N1CCCCC1. The highest BCUT2D eigenvalue weighted by molar-refractivity contribution is 6.31. The number of benzene rings is 1. The van der Waals surface area contributed by atoms with Crippen LogP contribution in [0.3, 0.4) is 0 Å². The summed E-state index contributed by atoms with van der Waals surface area (Å²) < 4.78 is 14.0. The number of piperidine rings is 1. The normalized spacial score (nSPS) is 23.6. The number of aryl methyl sites for hydroxylation is 1. The Bertz CT molecular complexity index is 664. The Balaban J connectivity index is 1.73. The van der Waals surface area contributed by atoms with Crippen LogP contribution in [-0.4, -0.2) is 53.6 Å². The summed E-state index contributed by atoms with van der Waals surface area (Å²) in [4.78, 5) is 28.5. The molecule has 0 spiro atoms. The van der Waals surface area contributed by atoms with Crippen LogP contribution >= 0.6 is 11.6 Å². The molecule has 0 unspecified atom stereocenters. The Morgan fingerprint density at radius 2 is 1.96 bits per heavy atom. The maximum Gasteiger partial charge on any atom is 0.322 e. The maximum absolute atomic E-state index is 14.0. The van der Waals surface area contributed by atoms with E-state index in [1.54, 1.807) is 23.1 Å². The van der Waals surface area contributed by atoms with Crippen LogP contribution in [0.1, 0.15) is 31.2 Å². The van der Waals surface area contributed by atoms with Gasteiger partial charge in [-0.15, -0.1) is 0 Å². The Morgan fingerprint density at radius 3 is 2.68 bits per heavy atom. The summed E-state index contributed by atoms with van der Waals surface area (Å²) in [6, 6.07) is 4.01. The lowest BCUT2D eigenvalue weighted by atomic mass is 10.1. The van der Waals surface area contributed by atoms with Gasteiger partial charge in [0.05, 0.1) is 6.54 Å². The third-order valence-corrected chi connectivity index (χ3v) is 5.14. The second-order valence-corrected chi connectivity index (χ2v) is 7.21. The van der Waals surface area contributed by atoms with E-state index in [9.17, 15) is 14.0 Å². The molecule has 1 aromatic carbocycles. The number of likely N-dealkylation sites (tertiary alicyclic amines) is 2. The molecule has 5 nitrogen and oxygen atoms in total. The molecular weight excluding hydrogens is 345 g/mol. The molecule has 2 aliphatic rings. The van der Waals surface area contributed by atoms with Gasteiger partial charge in [-0.2, -0.15) is 0 Å². The molecule has 1 N–H and O–H groups in total. The monoisotopic (exact) mass is 367 g/mol. The maximum atomic E-state index is 14.0. The molecule has 2 heterocycles. The Labute approximate surface area is 152 Å². The number of rotatable bonds is 2. The Kier molecular flexibility index (Phi) is 5.47. The first-order chi connectivity index (χ1) is 12.0. The van der Waals surface area contributed by atoms with Gasteiger partial charge in [0.2, 0.25) is 5.91 Å². The van der Waals surface area contributed by atoms with Crippen LogP contribution < -0.4 is 5.32 Å². The van der Waals surface area contributed by atoms with Gasteiger partial charge in [0.25, 0.3) is 0 Å². The Morgan fingerprint density at radius 1 is 1.24 bits per heavy atom. The molecule has 0 bridgehead atoms. The van der Waals surface area contributed by atoms with Crippen molar-refractivity contribution in [3.8, 4) is 0 Å². The average Bonchev–Trinajstić information content (AvgIpc) is 3.00. The van der Waals surface area contributed by atoms with Crippen LogP contribution in [0.2, 0.25) is 5.02 Å². The molecule has 2 aliphatic heterocycles. The van der Waals surface area contributed by atoms with Gasteiger partial charge in [0.15, 0.2) is 0 Å². The number of carbonyl (C=O) groups excluding carboxylic acids is 2. The highest BCUT2D eigenvalue weighted by Crippen LogP contribution is 2.26. The van der Waals surface area contributed by atoms with E-state index in [4.69, 9.17) is 11.6 Å². The molecule has 25 heavy (non-hydrogen) atoms. The molecule has 0 aromatic heterocycles. The minimum atomic E-state index is -1.18. The first-order valence-corrected chi connectivity index (χ1v) is 9.10. The minimum Gasteiger partial charge on any atom is -0.341 e. The lowest BCUT2D eigenvalue weighted by Crippen LogP contribution is -2.50. The number of amides is 3. The molecule has 7 heteroatoms. The molecule has 0 aliphatic carbocycles. The standard InChI is InChI=1S/C18H23ClFN3O2/c1-12-5-6-13(19)9-15(12)21-18(25)23-11-14(20)10-16(23)17(24)22-7-3-2-4-8-22/h5-6,9,14,16H,2-4,7-8,10-11H2,1H3,(H,21,25)/t14-,16-/m0/s1. The van der Waals surface area contributed by atoms with Gasteiger partial charge >= 0.3 is 6.03 Å². The molecule has 0 saturated carbocycles. The minimum absolute atomic E-state index is 0.0598. The molecule has 3 amide bonds. The number of hydrogen-bond acceptors (Lipinski definition) is 2. The summed E-state index contributed by atoms with van der Waals surface area (Å²) in [5.41, 5.74) is 1.43. The fourth-order valence-corrected chi connectivity index (χ4v) is 3.66. The number of nitrogens with zero attached hydrogens (tertiary/aromatic N) is 2. The lowest BCUT2D eigenvalue weighted by Gasteiger charge is -2.32. The van der Waals surface area contributed by atoms with Crippen molar-refractivity contribution in [2.24, 2.45) is 0 Å². The van der Waals surface area contributed by atoms with Gasteiger partial charge in [-0.05, 0) is 43.9 Å². The number of alkyl halides is 1. The number of urea groups is 1. The zero-order chi connectivity index (χ0) is 18.0. The van der Waals surface area contributed by atoms with Crippen molar-refractivity contribution in [3.63, 3.8) is 0 Å². The predicted molar refractivity (Wildman–Crippen MR) is 95.6 cm³/mol. The van der Waals surface area contributed by atoms with E-state index < -0.39 is 18.2 Å². The number of nitrogens with one attached hydrogen (secondary N) is 1. The number of anilines is 1. The van der Waals surface area contributed by atoms with E-state index in [-0.39, 0.29) is 18.9 Å². The van der Waals surface area contributed by atoms with E-state index in [0.29, 0.717) is 23.8 Å². The van der Waals surface area contributed by atoms with Crippen LogP contribution in [0.4, 0.5) is 14.9 Å². The summed E-state index contributed by atoms with van der Waals surface area (Å²) >= 11 is 5.98. The van der Waals surface area contributed by atoms with Crippen LogP contribution in [0.15, 0.2) is 18.2 Å². The summed E-state index contributed by atoms with van der Waals surface area (Å²) in [5, 5.41) is 3.27. The highest BCUT2D eigenvalue weighted by Gasteiger charge is 2.41. The number of carbonyl (C=O) groups is 2. The zero-order valence-corrected chi connectivity index (χ0v) is 15.1. The van der Waals surface area contributed by atoms with E-state index in [0.717, 1.165) is 24.8 Å². The van der Waals surface area contributed by atoms with Crippen molar-refractivity contribution in [1.82, 2.24) is 9.80 Å². The molecule has 2 fully saturated rings. The zero-order valence-electron chi connectivity index (χ0n) is 14.3. The van der Waals surface area contributed by atoms with Crippen LogP contribution in [0.25, 0.3) is 0 Å². The Hall–Kier alpha value is -1.82. The van der Waals surface area contributed by atoms with Gasteiger partial charge in [0, 0.05) is 30.2 Å². The molecular formula is C18H23ClFN3O2. The average molecular weight is 368 g/mol. The second-order valence-electron chi connectivity index (χ2n) is 6.78. The van der Waals surface area contributed by atoms with Crippen molar-refractivity contribution in [2.75, 3.05) is 25.0 Å². The van der Waals surface area contributed by atoms with Gasteiger partial charge in [-0.25, -0.2) is 9.18 Å². The van der Waals surface area contributed by atoms with Crippen molar-refractivity contribution in [1.29, 1.82) is 0 Å². The molecule has 3 rings (SSSR count). The molecule has 1 aromatic rings. The molecule has 2 saturated heterocycles. The fraction of sp³-hybridized carbons (Fsp3) is 0.556. The van der Waals surface area contributed by atoms with Crippen LogP contribution in [0, 0.1) is 6.92 Å². The molecule has 0 radical (unpaired) electrons. The first kappa shape index (κ1) is 18.0. The van der Waals surface area contributed by atoms with Crippen molar-refractivity contribution >= 4 is 29.2 Å². The summed E-state index contributed by atoms with van der Waals surface area (Å²) in [5.74, 6) is -0.141. The molecule has 136 valence electrons. The van der Waals surface area contributed by atoms with Crippen molar-refractivity contribution in [3.05, 3.63) is 28.8 Å². The van der Waals surface area contributed by atoms with E-state index in [1.807, 2.05) is 6.92 Å². The summed E-state index contributed by atoms with van der Waals surface area (Å²) in [6.07, 6.45) is 1.93. The summed E-state index contributed by atoms with van der Waals surface area (Å²) in [7, 11) is 0. The smallest absolute Gasteiger partial charge is 0.322 e. The predicted octanol–water partition coefficient (Wildman–Crippen LogP) is 3.61. The van der Waals surface area contributed by atoms with Gasteiger partial charge < -0.3 is 15.1 Å². The topological polar surface area (TPSA) is 52.7 Å². The third-order valence-electron chi connectivity index (χ3n) is 4.90. The highest BCUT2D eigenvalue weighted by atomic mass is 35.5. The van der Waals surface area contributed by atoms with Gasteiger partial charge in [-0.3, -0.25) is 4.79 Å². The second kappa shape index (κ2) is 7.60. The fourth-order valence-electron chi connectivity index (χ4n) is 3.48. The molecule has 2 atom stereocenters. The first-order valence-electron chi connectivity index (χ1n) is 8.72. The van der Waals surface area contributed by atoms with Crippen molar-refractivity contribution < 1.29 is 14.0 Å².